The molecule has 0 aromatic heterocycles. The van der Waals surface area contributed by atoms with Crippen molar-refractivity contribution in [3.8, 4) is 0 Å². The Kier molecular flexibility index (Phi) is 1.38. The van der Waals surface area contributed by atoms with Gasteiger partial charge < -0.3 is 5.11 Å². The Hall–Kier alpha value is -1.33. The molecule has 0 unspecified atom stereocenters. The fraction of sp³-hybridized carbons (Fsp3) is 0.167. The lowest BCUT2D eigenvalue weighted by Gasteiger charge is -2.18. The zero-order valence-electron chi connectivity index (χ0n) is 5.81. The van der Waals surface area contributed by atoms with E-state index in [0.717, 1.165) is 5.82 Å². The van der Waals surface area contributed by atoms with Gasteiger partial charge in [-0.2, -0.15) is 0 Å². The Morgan fingerprint density at radius 1 is 1.64 bits per heavy atom. The van der Waals surface area contributed by atoms with E-state index in [1.165, 1.54) is 5.01 Å². The van der Waals surface area contributed by atoms with Gasteiger partial charge >= 0.3 is 0 Å². The van der Waals surface area contributed by atoms with E-state index >= 15 is 0 Å². The molecule has 0 spiro atoms. The lowest BCUT2D eigenvalue weighted by molar-refractivity contribution is 0.0696. The van der Waals surface area contributed by atoms with Crippen molar-refractivity contribution in [2.75, 3.05) is 6.73 Å². The Morgan fingerprint density at radius 2 is 2.55 bits per heavy atom. The summed E-state index contributed by atoms with van der Waals surface area (Å²) < 4.78 is 0. The van der Waals surface area contributed by atoms with E-state index < -0.39 is 0 Å². The molecule has 5 nitrogen and oxygen atoms in total. The predicted molar refractivity (Wildman–Crippen MR) is 39.6 cm³/mol. The number of fused-ring (bicyclic) bond motifs is 1. The van der Waals surface area contributed by atoms with E-state index in [4.69, 9.17) is 5.11 Å². The lowest BCUT2D eigenvalue weighted by atomic mass is 10.5. The van der Waals surface area contributed by atoms with Gasteiger partial charge in [-0.15, -0.1) is 5.53 Å². The maximum atomic E-state index is 8.73. The third-order valence-corrected chi connectivity index (χ3v) is 1.43. The summed E-state index contributed by atoms with van der Waals surface area (Å²) in [4.78, 5) is 4.05. The standard InChI is InChI=1S/C6H8N4O/c11-5-9-4-6-7-2-1-3-10(6)8-9/h1-4,8,11H,5H2. The van der Waals surface area contributed by atoms with Crippen LogP contribution >= 0.6 is 0 Å². The predicted octanol–water partition coefficient (Wildman–Crippen LogP) is -0.630. The second-order valence-electron chi connectivity index (χ2n) is 2.19. The lowest BCUT2D eigenvalue weighted by Crippen LogP contribution is -2.38. The topological polar surface area (TPSA) is 51.1 Å². The summed E-state index contributed by atoms with van der Waals surface area (Å²) in [6.45, 7) is -0.0661. The van der Waals surface area contributed by atoms with Crippen molar-refractivity contribution in [2.45, 2.75) is 0 Å². The minimum atomic E-state index is -0.0661. The SMILES string of the molecule is OCN1C=C2N=CC=CN2N1. The summed E-state index contributed by atoms with van der Waals surface area (Å²) in [5.74, 6) is 0.779. The quantitative estimate of drug-likeness (QED) is 0.525. The van der Waals surface area contributed by atoms with Crippen LogP contribution in [-0.2, 0) is 0 Å². The summed E-state index contributed by atoms with van der Waals surface area (Å²) in [6.07, 6.45) is 7.06. The molecule has 0 bridgehead atoms. The van der Waals surface area contributed by atoms with Gasteiger partial charge in [0.25, 0.3) is 0 Å². The van der Waals surface area contributed by atoms with Crippen LogP contribution in [0.15, 0.2) is 29.3 Å². The summed E-state index contributed by atoms with van der Waals surface area (Å²) in [5.41, 5.74) is 2.87. The van der Waals surface area contributed by atoms with Crippen LogP contribution in [0, 0.1) is 0 Å². The molecule has 2 aliphatic heterocycles. The molecule has 2 heterocycles. The Balaban J connectivity index is 2.19. The summed E-state index contributed by atoms with van der Waals surface area (Å²) >= 11 is 0. The van der Waals surface area contributed by atoms with E-state index in [1.807, 2.05) is 12.3 Å². The number of hydrogen-bond acceptors (Lipinski definition) is 5. The van der Waals surface area contributed by atoms with Crippen molar-refractivity contribution in [3.05, 3.63) is 24.3 Å². The number of nitrogens with zero attached hydrogens (tertiary/aromatic N) is 3. The molecule has 2 rings (SSSR count). The molecule has 58 valence electrons. The number of hydrogen-bond donors (Lipinski definition) is 2. The fourth-order valence-electron chi connectivity index (χ4n) is 0.942. The van der Waals surface area contributed by atoms with Crippen molar-refractivity contribution < 1.29 is 5.11 Å². The number of nitrogens with one attached hydrogen (secondary N) is 1. The van der Waals surface area contributed by atoms with Crippen LogP contribution in [0.25, 0.3) is 0 Å². The van der Waals surface area contributed by atoms with Crippen molar-refractivity contribution in [2.24, 2.45) is 4.99 Å². The Labute approximate surface area is 63.9 Å². The highest BCUT2D eigenvalue weighted by Crippen LogP contribution is 2.13. The molecule has 0 aromatic rings. The second-order valence-corrected chi connectivity index (χ2v) is 2.19. The van der Waals surface area contributed by atoms with Gasteiger partial charge in [0.1, 0.15) is 6.73 Å². The van der Waals surface area contributed by atoms with Gasteiger partial charge in [0, 0.05) is 12.4 Å². The third-order valence-electron chi connectivity index (χ3n) is 1.43. The average molecular weight is 152 g/mol. The highest BCUT2D eigenvalue weighted by molar-refractivity contribution is 5.73. The van der Waals surface area contributed by atoms with Crippen molar-refractivity contribution in [3.63, 3.8) is 0 Å². The van der Waals surface area contributed by atoms with Crippen LogP contribution in [0.3, 0.4) is 0 Å². The molecule has 0 aliphatic carbocycles. The van der Waals surface area contributed by atoms with Gasteiger partial charge in [-0.3, -0.25) is 5.01 Å². The first-order valence-electron chi connectivity index (χ1n) is 3.26. The summed E-state index contributed by atoms with van der Waals surface area (Å²) in [6, 6.07) is 0. The van der Waals surface area contributed by atoms with Crippen LogP contribution < -0.4 is 5.53 Å². The largest absolute Gasteiger partial charge is 0.375 e. The van der Waals surface area contributed by atoms with E-state index in [0.29, 0.717) is 0 Å². The Bertz CT molecular complexity index is 245. The smallest absolute Gasteiger partial charge is 0.166 e. The highest BCUT2D eigenvalue weighted by atomic mass is 16.3. The first-order valence-corrected chi connectivity index (χ1v) is 3.26. The van der Waals surface area contributed by atoms with Gasteiger partial charge in [0.05, 0.1) is 6.20 Å². The molecule has 0 amide bonds. The van der Waals surface area contributed by atoms with Gasteiger partial charge in [-0.1, -0.05) is 0 Å². The molecule has 0 fully saturated rings. The van der Waals surface area contributed by atoms with Crippen molar-refractivity contribution >= 4 is 6.21 Å². The molecule has 2 aliphatic rings. The number of hydrazine groups is 2. The maximum Gasteiger partial charge on any atom is 0.166 e. The van der Waals surface area contributed by atoms with Crippen LogP contribution in [0.1, 0.15) is 0 Å². The van der Waals surface area contributed by atoms with Crippen LogP contribution in [0.5, 0.6) is 0 Å². The average Bonchev–Trinajstić information content (AvgIpc) is 2.46. The van der Waals surface area contributed by atoms with E-state index in [2.05, 4.69) is 10.5 Å². The zero-order chi connectivity index (χ0) is 7.68. The Morgan fingerprint density at radius 3 is 3.27 bits per heavy atom. The summed E-state index contributed by atoms with van der Waals surface area (Å²) in [5, 5.41) is 12.0. The van der Waals surface area contributed by atoms with Gasteiger partial charge in [0.2, 0.25) is 0 Å². The summed E-state index contributed by atoms with van der Waals surface area (Å²) in [7, 11) is 0. The zero-order valence-corrected chi connectivity index (χ0v) is 5.81. The molecule has 0 atom stereocenters. The van der Waals surface area contributed by atoms with Crippen molar-refractivity contribution in [1.29, 1.82) is 0 Å². The number of aliphatic hydroxyl groups is 1. The van der Waals surface area contributed by atoms with Crippen LogP contribution in [0.2, 0.25) is 0 Å². The number of aliphatic hydroxyl groups excluding tert-OH is 1. The van der Waals surface area contributed by atoms with E-state index in [-0.39, 0.29) is 6.73 Å². The first-order chi connectivity index (χ1) is 5.40. The molecule has 0 saturated heterocycles. The molecule has 2 N–H and O–H groups in total. The van der Waals surface area contributed by atoms with E-state index in [1.54, 1.807) is 17.4 Å². The fourth-order valence-corrected chi connectivity index (χ4v) is 0.942. The maximum absolute atomic E-state index is 8.73. The minimum Gasteiger partial charge on any atom is -0.375 e. The minimum absolute atomic E-state index is 0.0661. The molecule has 5 heteroatoms. The molecule has 0 saturated carbocycles. The molecule has 0 radical (unpaired) electrons. The monoisotopic (exact) mass is 152 g/mol. The second kappa shape index (κ2) is 2.37. The third kappa shape index (κ3) is 0.997. The number of aliphatic imine (C=N–C) groups is 1. The number of rotatable bonds is 1. The highest BCUT2D eigenvalue weighted by Gasteiger charge is 2.17. The van der Waals surface area contributed by atoms with Crippen LogP contribution in [-0.4, -0.2) is 28.1 Å². The van der Waals surface area contributed by atoms with Gasteiger partial charge in [-0.05, 0) is 6.08 Å². The normalized spacial score (nSPS) is 20.6. The first kappa shape index (κ1) is 6.38. The molecular weight excluding hydrogens is 144 g/mol. The number of allylic oxidation sites excluding steroid dienone is 1. The van der Waals surface area contributed by atoms with Crippen molar-refractivity contribution in [1.82, 2.24) is 15.6 Å². The molecule has 11 heavy (non-hydrogen) atoms. The van der Waals surface area contributed by atoms with Gasteiger partial charge in [0.15, 0.2) is 5.82 Å². The van der Waals surface area contributed by atoms with E-state index in [9.17, 15) is 0 Å². The molecule has 0 aromatic carbocycles. The van der Waals surface area contributed by atoms with Crippen LogP contribution in [0.4, 0.5) is 0 Å². The van der Waals surface area contributed by atoms with Gasteiger partial charge in [-0.25, -0.2) is 10.0 Å². The molecular formula is C6H8N4O.